The molecule has 1 aromatic heterocycles. The molecule has 1 atom stereocenters. The summed E-state index contributed by atoms with van der Waals surface area (Å²) in [5.41, 5.74) is 0.177. The van der Waals surface area contributed by atoms with E-state index in [4.69, 9.17) is 16.3 Å². The number of nitrogens with zero attached hydrogens (tertiary/aromatic N) is 1. The van der Waals surface area contributed by atoms with Gasteiger partial charge in [0.2, 0.25) is 0 Å². The zero-order chi connectivity index (χ0) is 18.7. The second-order valence-corrected chi connectivity index (χ2v) is 7.94. The first kappa shape index (κ1) is 17.5. The lowest BCUT2D eigenvalue weighted by Crippen LogP contribution is -2.45. The van der Waals surface area contributed by atoms with Crippen molar-refractivity contribution in [3.8, 4) is 5.75 Å². The number of alkyl carbamates (subject to hydrolysis) is 1. The third kappa shape index (κ3) is 3.03. The summed E-state index contributed by atoms with van der Waals surface area (Å²) in [6.07, 6.45) is -4.46. The molecule has 2 saturated heterocycles. The summed E-state index contributed by atoms with van der Waals surface area (Å²) in [6, 6.07) is 2.68. The summed E-state index contributed by atoms with van der Waals surface area (Å²) in [7, 11) is 0. The Morgan fingerprint density at radius 2 is 2.19 bits per heavy atom. The fourth-order valence-electron chi connectivity index (χ4n) is 3.49. The van der Waals surface area contributed by atoms with Crippen LogP contribution in [-0.4, -0.2) is 37.7 Å². The largest absolute Gasteiger partial charge is 0.573 e. The maximum atomic E-state index is 12.5. The summed E-state index contributed by atoms with van der Waals surface area (Å²) in [4.78, 5) is 13.4. The Morgan fingerprint density at radius 3 is 2.85 bits per heavy atom. The molecule has 140 valence electrons. The number of carbonyl (C=O) groups is 1. The molecule has 2 aliphatic rings. The maximum absolute atomic E-state index is 12.5. The van der Waals surface area contributed by atoms with Gasteiger partial charge in [0.25, 0.3) is 0 Å². The standard InChI is InChI=1S/C16H14ClF3N2O3S/c1-8-4-9(25-16(18,19)20)5-10-11(8)12(17)13(26-10)22-3-2-15(6-22)7-24-14(23)21-15/h4-5H,2-3,6-7H2,1H3,(H,21,23). The number of alkyl halides is 3. The van der Waals surface area contributed by atoms with Gasteiger partial charge in [-0.05, 0) is 31.0 Å². The Hall–Kier alpha value is -1.87. The summed E-state index contributed by atoms with van der Waals surface area (Å²) in [6.45, 7) is 3.20. The molecule has 1 unspecified atom stereocenters. The van der Waals surface area contributed by atoms with Gasteiger partial charge in [-0.2, -0.15) is 0 Å². The van der Waals surface area contributed by atoms with Crippen LogP contribution in [0, 0.1) is 6.92 Å². The van der Waals surface area contributed by atoms with E-state index in [1.54, 1.807) is 6.92 Å². The molecule has 0 radical (unpaired) electrons. The first-order valence-electron chi connectivity index (χ1n) is 7.84. The molecule has 1 amide bonds. The Balaban J connectivity index is 1.67. The minimum atomic E-state index is -4.74. The monoisotopic (exact) mass is 406 g/mol. The van der Waals surface area contributed by atoms with Gasteiger partial charge in [-0.1, -0.05) is 11.6 Å². The van der Waals surface area contributed by atoms with Crippen LogP contribution in [0.5, 0.6) is 5.75 Å². The smallest absolute Gasteiger partial charge is 0.447 e. The average Bonchev–Trinajstić information content (AvgIpc) is 3.17. The number of nitrogens with one attached hydrogen (secondary N) is 1. The van der Waals surface area contributed by atoms with Crippen molar-refractivity contribution in [2.75, 3.05) is 24.6 Å². The predicted octanol–water partition coefficient (Wildman–Crippen LogP) is 4.45. The zero-order valence-corrected chi connectivity index (χ0v) is 15.1. The van der Waals surface area contributed by atoms with E-state index in [-0.39, 0.29) is 5.75 Å². The highest BCUT2D eigenvalue weighted by atomic mass is 35.5. The summed E-state index contributed by atoms with van der Waals surface area (Å²) >= 11 is 7.85. The van der Waals surface area contributed by atoms with Crippen molar-refractivity contribution in [1.29, 1.82) is 0 Å². The highest BCUT2D eigenvalue weighted by Crippen LogP contribution is 2.47. The Morgan fingerprint density at radius 1 is 1.42 bits per heavy atom. The van der Waals surface area contributed by atoms with Crippen LogP contribution < -0.4 is 15.0 Å². The van der Waals surface area contributed by atoms with Gasteiger partial charge in [0.15, 0.2) is 0 Å². The van der Waals surface area contributed by atoms with Crippen molar-refractivity contribution in [1.82, 2.24) is 5.32 Å². The zero-order valence-electron chi connectivity index (χ0n) is 13.6. The molecule has 1 spiro atoms. The van der Waals surface area contributed by atoms with E-state index in [0.29, 0.717) is 46.8 Å². The van der Waals surface area contributed by atoms with E-state index in [2.05, 4.69) is 10.1 Å². The number of rotatable bonds is 2. The fraction of sp³-hybridized carbons (Fsp3) is 0.438. The molecule has 2 aliphatic heterocycles. The van der Waals surface area contributed by atoms with Crippen LogP contribution in [0.25, 0.3) is 10.1 Å². The van der Waals surface area contributed by atoms with Gasteiger partial charge in [-0.25, -0.2) is 4.79 Å². The molecule has 0 saturated carbocycles. The van der Waals surface area contributed by atoms with Crippen LogP contribution in [0.15, 0.2) is 12.1 Å². The Bertz CT molecular complexity index is 901. The lowest BCUT2D eigenvalue weighted by Gasteiger charge is -2.21. The molecule has 10 heteroatoms. The highest BCUT2D eigenvalue weighted by Gasteiger charge is 2.46. The first-order chi connectivity index (χ1) is 12.2. The van der Waals surface area contributed by atoms with E-state index in [1.165, 1.54) is 23.5 Å². The van der Waals surface area contributed by atoms with Gasteiger partial charge in [0, 0.05) is 23.2 Å². The lowest BCUT2D eigenvalue weighted by atomic mass is 10.0. The van der Waals surface area contributed by atoms with Crippen molar-refractivity contribution in [2.24, 2.45) is 0 Å². The van der Waals surface area contributed by atoms with E-state index in [0.717, 1.165) is 5.00 Å². The number of benzene rings is 1. The number of halogens is 4. The minimum absolute atomic E-state index is 0.263. The number of cyclic esters (lactones) is 1. The van der Waals surface area contributed by atoms with Gasteiger partial charge in [-0.3, -0.25) is 0 Å². The van der Waals surface area contributed by atoms with Crippen LogP contribution in [-0.2, 0) is 4.74 Å². The molecule has 3 heterocycles. The summed E-state index contributed by atoms with van der Waals surface area (Å²) in [5.74, 6) is -0.263. The first-order valence-corrected chi connectivity index (χ1v) is 9.04. The van der Waals surface area contributed by atoms with Gasteiger partial charge < -0.3 is 19.7 Å². The number of hydrogen-bond donors (Lipinski definition) is 1. The molecular formula is C16H14ClF3N2O3S. The lowest BCUT2D eigenvalue weighted by molar-refractivity contribution is -0.274. The number of aryl methyl sites for hydroxylation is 1. The quantitative estimate of drug-likeness (QED) is 0.800. The molecule has 1 aromatic carbocycles. The van der Waals surface area contributed by atoms with Crippen molar-refractivity contribution < 1.29 is 27.4 Å². The second kappa shape index (κ2) is 5.82. The number of fused-ring (bicyclic) bond motifs is 1. The molecule has 1 N–H and O–H groups in total. The van der Waals surface area contributed by atoms with Crippen molar-refractivity contribution in [2.45, 2.75) is 25.2 Å². The van der Waals surface area contributed by atoms with Gasteiger partial charge >= 0.3 is 12.5 Å². The Labute approximate surface area is 155 Å². The van der Waals surface area contributed by atoms with E-state index in [1.807, 2.05) is 4.90 Å². The molecule has 5 nitrogen and oxygen atoms in total. The minimum Gasteiger partial charge on any atom is -0.447 e. The SMILES string of the molecule is Cc1cc(OC(F)(F)F)cc2sc(N3CCC4(COC(=O)N4)C3)c(Cl)c12. The van der Waals surface area contributed by atoms with E-state index >= 15 is 0 Å². The number of ether oxygens (including phenoxy) is 2. The number of anilines is 1. The predicted molar refractivity (Wildman–Crippen MR) is 92.3 cm³/mol. The topological polar surface area (TPSA) is 50.8 Å². The number of hydrogen-bond acceptors (Lipinski definition) is 5. The van der Waals surface area contributed by atoms with Crippen LogP contribution >= 0.6 is 22.9 Å². The highest BCUT2D eigenvalue weighted by molar-refractivity contribution is 7.23. The molecule has 4 rings (SSSR count). The number of carbonyl (C=O) groups excluding carboxylic acids is 1. The van der Waals surface area contributed by atoms with Crippen LogP contribution in [0.1, 0.15) is 12.0 Å². The molecule has 2 aromatic rings. The molecular weight excluding hydrogens is 393 g/mol. The second-order valence-electron chi connectivity index (χ2n) is 6.54. The van der Waals surface area contributed by atoms with Crippen LogP contribution in [0.3, 0.4) is 0 Å². The normalized spacial score (nSPS) is 23.0. The van der Waals surface area contributed by atoms with E-state index < -0.39 is 18.0 Å². The summed E-state index contributed by atoms with van der Waals surface area (Å²) in [5, 5.41) is 4.83. The maximum Gasteiger partial charge on any atom is 0.573 e. The summed E-state index contributed by atoms with van der Waals surface area (Å²) < 4.78 is 47.2. The Kier molecular flexibility index (Phi) is 3.92. The fourth-order valence-corrected chi connectivity index (χ4v) is 5.26. The van der Waals surface area contributed by atoms with Crippen LogP contribution in [0.4, 0.5) is 23.0 Å². The molecule has 2 fully saturated rings. The number of amides is 1. The van der Waals surface area contributed by atoms with Crippen molar-refractivity contribution in [3.05, 3.63) is 22.7 Å². The average molecular weight is 407 g/mol. The van der Waals surface area contributed by atoms with Crippen molar-refractivity contribution in [3.63, 3.8) is 0 Å². The van der Waals surface area contributed by atoms with Gasteiger partial charge in [0.05, 0.1) is 10.6 Å². The van der Waals surface area contributed by atoms with Crippen molar-refractivity contribution >= 4 is 44.1 Å². The van der Waals surface area contributed by atoms with Gasteiger partial charge in [-0.15, -0.1) is 24.5 Å². The molecule has 26 heavy (non-hydrogen) atoms. The third-order valence-electron chi connectivity index (χ3n) is 4.61. The molecule has 0 aliphatic carbocycles. The van der Waals surface area contributed by atoms with Gasteiger partial charge in [0.1, 0.15) is 17.4 Å². The van der Waals surface area contributed by atoms with E-state index in [9.17, 15) is 18.0 Å². The van der Waals surface area contributed by atoms with Crippen LogP contribution in [0.2, 0.25) is 5.02 Å². The number of thiophene rings is 1. The molecule has 0 bridgehead atoms. The third-order valence-corrected chi connectivity index (χ3v) is 6.29.